The smallest absolute Gasteiger partial charge is 0.324 e. The zero-order valence-electron chi connectivity index (χ0n) is 8.41. The highest BCUT2D eigenvalue weighted by molar-refractivity contribution is 7.72. The summed E-state index contributed by atoms with van der Waals surface area (Å²) in [5.74, 6) is -0.566. The van der Waals surface area contributed by atoms with E-state index in [4.69, 9.17) is 19.6 Å². The van der Waals surface area contributed by atoms with Crippen molar-refractivity contribution in [1.82, 2.24) is 0 Å². The first-order chi connectivity index (χ1) is 6.67. The summed E-state index contributed by atoms with van der Waals surface area (Å²) < 4.78 is 22.5. The maximum atomic E-state index is 11.3. The van der Waals surface area contributed by atoms with Crippen LogP contribution in [-0.4, -0.2) is 24.5 Å². The lowest BCUT2D eigenvalue weighted by Crippen LogP contribution is -2.46. The lowest BCUT2D eigenvalue weighted by Gasteiger charge is -2.48. The molecule has 0 aromatic rings. The van der Waals surface area contributed by atoms with E-state index in [1.165, 1.54) is 0 Å². The second-order valence-corrected chi connectivity index (χ2v) is 8.12. The Labute approximate surface area is 88.0 Å². The molecule has 1 fully saturated rings. The third-order valence-electron chi connectivity index (χ3n) is 3.16. The summed E-state index contributed by atoms with van der Waals surface area (Å²) in [5, 5.41) is 0. The molecule has 0 aromatic heterocycles. The molecular weight excluding hydrogens is 242 g/mol. The molecule has 0 saturated heterocycles. The third-order valence-corrected chi connectivity index (χ3v) is 7.92. The summed E-state index contributed by atoms with van der Waals surface area (Å²) in [6, 6.07) is 0. The molecule has 1 saturated carbocycles. The fraction of sp³-hybridized carbons (Fsp3) is 1.00. The monoisotopic (exact) mass is 258 g/mol. The van der Waals surface area contributed by atoms with Gasteiger partial charge in [0.25, 0.3) is 0 Å². The summed E-state index contributed by atoms with van der Waals surface area (Å²) in [6.07, 6.45) is 1.49. The van der Waals surface area contributed by atoms with Gasteiger partial charge in [0.15, 0.2) is 4.90 Å². The molecule has 0 aromatic carbocycles. The van der Waals surface area contributed by atoms with Gasteiger partial charge in [0.1, 0.15) is 0 Å². The van der Waals surface area contributed by atoms with E-state index in [1.54, 1.807) is 0 Å². The topological polar surface area (TPSA) is 115 Å². The summed E-state index contributed by atoms with van der Waals surface area (Å²) in [7, 11) is -9.54. The standard InChI is InChI=1S/C7H16O6P2/c1-2-3-6-4-5-7(6,14(8,9)10)15(11,12)13/h6H,2-5H2,1H3,(H2,8,9,10)(H2,11,12,13). The Balaban J connectivity index is 3.11. The SMILES string of the molecule is CCCC1CCC1(P(=O)(O)O)P(=O)(O)O. The van der Waals surface area contributed by atoms with Gasteiger partial charge in [-0.15, -0.1) is 0 Å². The van der Waals surface area contributed by atoms with E-state index in [2.05, 4.69) is 0 Å². The van der Waals surface area contributed by atoms with Crippen molar-refractivity contribution >= 4 is 15.2 Å². The molecule has 0 amide bonds. The molecule has 6 nitrogen and oxygen atoms in total. The van der Waals surface area contributed by atoms with Crippen LogP contribution in [0.3, 0.4) is 0 Å². The van der Waals surface area contributed by atoms with Crippen LogP contribution in [0.5, 0.6) is 0 Å². The van der Waals surface area contributed by atoms with Crippen molar-refractivity contribution < 1.29 is 28.7 Å². The van der Waals surface area contributed by atoms with Crippen LogP contribution in [0, 0.1) is 5.92 Å². The molecule has 0 aliphatic heterocycles. The first-order valence-electron chi connectivity index (χ1n) is 4.78. The van der Waals surface area contributed by atoms with Gasteiger partial charge in [-0.1, -0.05) is 13.3 Å². The fourth-order valence-corrected chi connectivity index (χ4v) is 5.93. The van der Waals surface area contributed by atoms with Gasteiger partial charge < -0.3 is 19.6 Å². The van der Waals surface area contributed by atoms with Crippen molar-refractivity contribution in [3.63, 3.8) is 0 Å². The Morgan fingerprint density at radius 2 is 1.67 bits per heavy atom. The first kappa shape index (κ1) is 13.4. The second kappa shape index (κ2) is 3.95. The average molecular weight is 258 g/mol. The van der Waals surface area contributed by atoms with Gasteiger partial charge in [-0.2, -0.15) is 0 Å². The molecule has 1 unspecified atom stereocenters. The molecule has 15 heavy (non-hydrogen) atoms. The maximum Gasteiger partial charge on any atom is 0.344 e. The Morgan fingerprint density at radius 1 is 1.20 bits per heavy atom. The quantitative estimate of drug-likeness (QED) is 0.564. The number of hydrogen-bond donors (Lipinski definition) is 4. The molecule has 1 aliphatic rings. The Morgan fingerprint density at radius 3 is 1.87 bits per heavy atom. The predicted octanol–water partition coefficient (Wildman–Crippen LogP) is 1.25. The minimum Gasteiger partial charge on any atom is -0.324 e. The van der Waals surface area contributed by atoms with E-state index in [1.807, 2.05) is 6.92 Å². The Bertz CT molecular complexity index is 306. The fourth-order valence-electron chi connectivity index (χ4n) is 2.27. The van der Waals surface area contributed by atoms with E-state index < -0.39 is 26.0 Å². The highest BCUT2D eigenvalue weighted by atomic mass is 31.2. The van der Waals surface area contributed by atoms with Gasteiger partial charge in [-0.05, 0) is 25.2 Å². The summed E-state index contributed by atoms with van der Waals surface area (Å²) in [5.41, 5.74) is 0. The molecule has 1 aliphatic carbocycles. The minimum absolute atomic E-state index is 0.0910. The molecule has 0 radical (unpaired) electrons. The van der Waals surface area contributed by atoms with Crippen LogP contribution in [0.1, 0.15) is 32.6 Å². The van der Waals surface area contributed by atoms with E-state index in [9.17, 15) is 9.13 Å². The molecule has 0 heterocycles. The Kier molecular flexibility index (Phi) is 3.52. The zero-order valence-corrected chi connectivity index (χ0v) is 10.2. The van der Waals surface area contributed by atoms with E-state index >= 15 is 0 Å². The van der Waals surface area contributed by atoms with Crippen LogP contribution < -0.4 is 0 Å². The van der Waals surface area contributed by atoms with E-state index in [0.29, 0.717) is 19.3 Å². The summed E-state index contributed by atoms with van der Waals surface area (Å²) in [4.78, 5) is 34.5. The molecular formula is C7H16O6P2. The molecule has 1 rings (SSSR count). The normalized spacial score (nSPS) is 26.1. The molecule has 0 bridgehead atoms. The van der Waals surface area contributed by atoms with Crippen LogP contribution >= 0.6 is 15.2 Å². The van der Waals surface area contributed by atoms with Gasteiger partial charge in [0.05, 0.1) is 0 Å². The van der Waals surface area contributed by atoms with E-state index in [0.717, 1.165) is 0 Å². The Hall–Kier alpha value is 0.300. The minimum atomic E-state index is -4.77. The van der Waals surface area contributed by atoms with Crippen LogP contribution in [0.15, 0.2) is 0 Å². The van der Waals surface area contributed by atoms with Crippen molar-refractivity contribution in [1.29, 1.82) is 0 Å². The predicted molar refractivity (Wildman–Crippen MR) is 54.5 cm³/mol. The van der Waals surface area contributed by atoms with Gasteiger partial charge in [0, 0.05) is 0 Å². The first-order valence-corrected chi connectivity index (χ1v) is 8.00. The molecule has 90 valence electrons. The number of hydrogen-bond acceptors (Lipinski definition) is 2. The maximum absolute atomic E-state index is 11.3. The van der Waals surface area contributed by atoms with Crippen molar-refractivity contribution in [2.24, 2.45) is 5.92 Å². The van der Waals surface area contributed by atoms with Gasteiger partial charge in [0.2, 0.25) is 0 Å². The van der Waals surface area contributed by atoms with Crippen LogP contribution in [0.4, 0.5) is 0 Å². The van der Waals surface area contributed by atoms with Crippen molar-refractivity contribution in [2.75, 3.05) is 0 Å². The second-order valence-electron chi connectivity index (χ2n) is 3.99. The number of rotatable bonds is 4. The van der Waals surface area contributed by atoms with Crippen molar-refractivity contribution in [3.05, 3.63) is 0 Å². The average Bonchev–Trinajstić information content (AvgIpc) is 1.92. The molecule has 8 heteroatoms. The van der Waals surface area contributed by atoms with Crippen LogP contribution in [-0.2, 0) is 9.13 Å². The van der Waals surface area contributed by atoms with Crippen molar-refractivity contribution in [2.45, 2.75) is 37.5 Å². The van der Waals surface area contributed by atoms with Gasteiger partial charge >= 0.3 is 15.2 Å². The largest absolute Gasteiger partial charge is 0.344 e. The van der Waals surface area contributed by atoms with Gasteiger partial charge in [-0.25, -0.2) is 0 Å². The van der Waals surface area contributed by atoms with Crippen molar-refractivity contribution in [3.8, 4) is 0 Å². The highest BCUT2D eigenvalue weighted by Crippen LogP contribution is 2.79. The molecule has 4 N–H and O–H groups in total. The van der Waals surface area contributed by atoms with Gasteiger partial charge in [-0.3, -0.25) is 9.13 Å². The molecule has 1 atom stereocenters. The highest BCUT2D eigenvalue weighted by Gasteiger charge is 2.68. The third kappa shape index (κ3) is 1.95. The van der Waals surface area contributed by atoms with E-state index in [-0.39, 0.29) is 6.42 Å². The lowest BCUT2D eigenvalue weighted by molar-refractivity contribution is 0.179. The van der Waals surface area contributed by atoms with Crippen LogP contribution in [0.25, 0.3) is 0 Å². The summed E-state index contributed by atoms with van der Waals surface area (Å²) >= 11 is 0. The molecule has 0 spiro atoms. The summed E-state index contributed by atoms with van der Waals surface area (Å²) in [6.45, 7) is 1.82. The lowest BCUT2D eigenvalue weighted by atomic mass is 9.80. The van der Waals surface area contributed by atoms with Crippen LogP contribution in [0.2, 0.25) is 0 Å². The zero-order chi connectivity index (χ0) is 11.9.